The number of nitrogens with two attached hydrogens (primary N) is 1. The van der Waals surface area contributed by atoms with E-state index in [9.17, 15) is 8.42 Å². The lowest BCUT2D eigenvalue weighted by molar-refractivity contribution is 0.413. The molecule has 1 unspecified atom stereocenters. The highest BCUT2D eigenvalue weighted by atomic mass is 32.2. The van der Waals surface area contributed by atoms with Gasteiger partial charge in [-0.15, -0.1) is 0 Å². The van der Waals surface area contributed by atoms with E-state index in [-0.39, 0.29) is 5.75 Å². The van der Waals surface area contributed by atoms with Crippen LogP contribution >= 0.6 is 0 Å². The van der Waals surface area contributed by atoms with Crippen molar-refractivity contribution in [3.8, 4) is 11.8 Å². The summed E-state index contributed by atoms with van der Waals surface area (Å²) in [5, 5.41) is 8.49. The molecule has 0 aliphatic heterocycles. The lowest BCUT2D eigenvalue weighted by Gasteiger charge is -2.12. The maximum absolute atomic E-state index is 12.1. The molecule has 0 spiro atoms. The summed E-state index contributed by atoms with van der Waals surface area (Å²) in [5.74, 6) is 0.353. The molecule has 0 bridgehead atoms. The number of hydrogen-bond acceptors (Lipinski definition) is 5. The maximum Gasteiger partial charge on any atom is 0.157 e. The van der Waals surface area contributed by atoms with Crippen LogP contribution in [0.1, 0.15) is 24.5 Å². The summed E-state index contributed by atoms with van der Waals surface area (Å²) in [6.07, 6.45) is 0.434. The number of nitrogens with zero attached hydrogens (tertiary/aromatic N) is 1. The van der Waals surface area contributed by atoms with Crippen LogP contribution in [-0.2, 0) is 15.6 Å². The molecular weight excluding hydrogens is 264 g/mol. The summed E-state index contributed by atoms with van der Waals surface area (Å²) >= 11 is 0. The molecule has 0 amide bonds. The quantitative estimate of drug-likeness (QED) is 0.846. The van der Waals surface area contributed by atoms with Crippen molar-refractivity contribution in [1.82, 2.24) is 0 Å². The predicted molar refractivity (Wildman–Crippen MR) is 73.5 cm³/mol. The number of benzene rings is 1. The Morgan fingerprint density at radius 2 is 2.16 bits per heavy atom. The number of ether oxygens (including phenoxy) is 1. The molecule has 1 aromatic carbocycles. The SMILES string of the molecule is COc1ccc(CS(=O)(=O)C(C)CCN)cc1C#N. The Morgan fingerprint density at radius 1 is 1.47 bits per heavy atom. The van der Waals surface area contributed by atoms with Crippen molar-refractivity contribution in [2.24, 2.45) is 5.73 Å². The largest absolute Gasteiger partial charge is 0.495 e. The van der Waals surface area contributed by atoms with Crippen LogP contribution in [0.3, 0.4) is 0 Å². The average Bonchev–Trinajstić information content (AvgIpc) is 2.38. The van der Waals surface area contributed by atoms with Gasteiger partial charge in [-0.05, 0) is 37.6 Å². The third kappa shape index (κ3) is 3.94. The van der Waals surface area contributed by atoms with Crippen LogP contribution in [0.25, 0.3) is 0 Å². The Labute approximate surface area is 113 Å². The Morgan fingerprint density at radius 3 is 2.68 bits per heavy atom. The number of methoxy groups -OCH3 is 1. The molecule has 2 N–H and O–H groups in total. The average molecular weight is 282 g/mol. The third-order valence-electron chi connectivity index (χ3n) is 2.94. The zero-order valence-electron chi connectivity index (χ0n) is 11.1. The Balaban J connectivity index is 2.98. The van der Waals surface area contributed by atoms with Gasteiger partial charge in [0.1, 0.15) is 11.8 Å². The molecule has 1 aromatic rings. The second kappa shape index (κ2) is 6.55. The molecule has 0 aliphatic rings. The summed E-state index contributed by atoms with van der Waals surface area (Å²) in [6, 6.07) is 6.80. The molecule has 0 saturated carbocycles. The number of rotatable bonds is 6. The normalized spacial score (nSPS) is 12.7. The predicted octanol–water partition coefficient (Wildman–Crippen LogP) is 1.22. The van der Waals surface area contributed by atoms with Gasteiger partial charge in [-0.2, -0.15) is 5.26 Å². The molecule has 104 valence electrons. The van der Waals surface area contributed by atoms with Crippen LogP contribution in [0.5, 0.6) is 5.75 Å². The summed E-state index contributed by atoms with van der Waals surface area (Å²) in [5.41, 5.74) is 6.30. The number of nitriles is 1. The first-order valence-corrected chi connectivity index (χ1v) is 7.64. The van der Waals surface area contributed by atoms with Crippen molar-refractivity contribution >= 4 is 9.84 Å². The van der Waals surface area contributed by atoms with E-state index in [4.69, 9.17) is 15.7 Å². The lowest BCUT2D eigenvalue weighted by atomic mass is 10.1. The highest BCUT2D eigenvalue weighted by molar-refractivity contribution is 7.91. The van der Waals surface area contributed by atoms with Gasteiger partial charge in [0.05, 0.1) is 23.7 Å². The molecule has 6 heteroatoms. The van der Waals surface area contributed by atoms with E-state index in [1.54, 1.807) is 25.1 Å². The van der Waals surface area contributed by atoms with Crippen molar-refractivity contribution < 1.29 is 13.2 Å². The first kappa shape index (κ1) is 15.5. The Hall–Kier alpha value is -1.58. The van der Waals surface area contributed by atoms with E-state index in [2.05, 4.69) is 0 Å². The van der Waals surface area contributed by atoms with Gasteiger partial charge < -0.3 is 10.5 Å². The first-order valence-electron chi connectivity index (χ1n) is 5.93. The third-order valence-corrected chi connectivity index (χ3v) is 5.14. The van der Waals surface area contributed by atoms with E-state index in [1.165, 1.54) is 7.11 Å². The van der Waals surface area contributed by atoms with Crippen LogP contribution in [0.4, 0.5) is 0 Å². The van der Waals surface area contributed by atoms with Crippen molar-refractivity contribution in [3.63, 3.8) is 0 Å². The molecule has 0 radical (unpaired) electrons. The Kier molecular flexibility index (Phi) is 5.33. The van der Waals surface area contributed by atoms with Crippen LogP contribution in [0, 0.1) is 11.3 Å². The van der Waals surface area contributed by atoms with E-state index < -0.39 is 15.1 Å². The number of sulfone groups is 1. The van der Waals surface area contributed by atoms with E-state index in [1.807, 2.05) is 6.07 Å². The minimum Gasteiger partial charge on any atom is -0.495 e. The van der Waals surface area contributed by atoms with Gasteiger partial charge in [-0.3, -0.25) is 0 Å². The maximum atomic E-state index is 12.1. The zero-order valence-corrected chi connectivity index (χ0v) is 11.9. The topological polar surface area (TPSA) is 93.2 Å². The molecule has 0 fully saturated rings. The van der Waals surface area contributed by atoms with Crippen molar-refractivity contribution in [3.05, 3.63) is 29.3 Å². The second-order valence-electron chi connectivity index (χ2n) is 4.34. The fraction of sp³-hybridized carbons (Fsp3) is 0.462. The molecule has 0 aliphatic carbocycles. The minimum atomic E-state index is -3.25. The molecule has 19 heavy (non-hydrogen) atoms. The molecule has 0 heterocycles. The van der Waals surface area contributed by atoms with Crippen LogP contribution in [0.2, 0.25) is 0 Å². The monoisotopic (exact) mass is 282 g/mol. The Bertz CT molecular complexity index is 576. The first-order chi connectivity index (χ1) is 8.94. The van der Waals surface area contributed by atoms with E-state index >= 15 is 0 Å². The fourth-order valence-electron chi connectivity index (χ4n) is 1.72. The van der Waals surface area contributed by atoms with E-state index in [0.717, 1.165) is 0 Å². The summed E-state index contributed by atoms with van der Waals surface area (Å²) in [6.45, 7) is 1.99. The van der Waals surface area contributed by atoms with Crippen LogP contribution in [0.15, 0.2) is 18.2 Å². The summed E-state index contributed by atoms with van der Waals surface area (Å²) in [7, 11) is -1.78. The van der Waals surface area contributed by atoms with Gasteiger partial charge in [0.2, 0.25) is 0 Å². The smallest absolute Gasteiger partial charge is 0.157 e. The second-order valence-corrected chi connectivity index (χ2v) is 6.76. The fourth-order valence-corrected chi connectivity index (χ4v) is 3.15. The molecule has 0 saturated heterocycles. The summed E-state index contributed by atoms with van der Waals surface area (Å²) in [4.78, 5) is 0. The molecule has 5 nitrogen and oxygen atoms in total. The minimum absolute atomic E-state index is 0.0904. The highest BCUT2D eigenvalue weighted by Crippen LogP contribution is 2.21. The lowest BCUT2D eigenvalue weighted by Crippen LogP contribution is -2.22. The van der Waals surface area contributed by atoms with Crippen molar-refractivity contribution in [2.75, 3.05) is 13.7 Å². The molecule has 1 rings (SSSR count). The highest BCUT2D eigenvalue weighted by Gasteiger charge is 2.21. The molecule has 0 aromatic heterocycles. The van der Waals surface area contributed by atoms with Gasteiger partial charge in [0.15, 0.2) is 9.84 Å². The number of hydrogen-bond donors (Lipinski definition) is 1. The standard InChI is InChI=1S/C13H18N2O3S/c1-10(5-6-14)19(16,17)9-11-3-4-13(18-2)12(7-11)8-15/h3-4,7,10H,5-6,9,14H2,1-2H3. The molecule has 1 atom stereocenters. The summed E-state index contributed by atoms with van der Waals surface area (Å²) < 4.78 is 29.2. The van der Waals surface area contributed by atoms with Crippen molar-refractivity contribution in [2.45, 2.75) is 24.3 Å². The molecular formula is C13H18N2O3S. The van der Waals surface area contributed by atoms with Crippen LogP contribution in [-0.4, -0.2) is 27.3 Å². The van der Waals surface area contributed by atoms with E-state index in [0.29, 0.717) is 29.8 Å². The van der Waals surface area contributed by atoms with Gasteiger partial charge in [0, 0.05) is 0 Å². The van der Waals surface area contributed by atoms with Gasteiger partial charge in [-0.1, -0.05) is 6.07 Å². The van der Waals surface area contributed by atoms with Gasteiger partial charge in [0.25, 0.3) is 0 Å². The van der Waals surface area contributed by atoms with Crippen molar-refractivity contribution in [1.29, 1.82) is 5.26 Å². The van der Waals surface area contributed by atoms with Gasteiger partial charge >= 0.3 is 0 Å². The van der Waals surface area contributed by atoms with Crippen LogP contribution < -0.4 is 10.5 Å². The van der Waals surface area contributed by atoms with Gasteiger partial charge in [-0.25, -0.2) is 8.42 Å². The zero-order chi connectivity index (χ0) is 14.5.